The van der Waals surface area contributed by atoms with Gasteiger partial charge in [-0.3, -0.25) is 19.8 Å². The van der Waals surface area contributed by atoms with E-state index in [2.05, 4.69) is 10.7 Å². The molecule has 1 atom stereocenters. The van der Waals surface area contributed by atoms with Crippen LogP contribution >= 0.6 is 0 Å². The summed E-state index contributed by atoms with van der Waals surface area (Å²) in [6.45, 7) is 0.0813. The highest BCUT2D eigenvalue weighted by atomic mass is 16.5. The number of ether oxygens (including phenoxy) is 1. The molecule has 0 spiro atoms. The molecule has 2 aliphatic rings. The number of rotatable bonds is 7. The number of nitrogens with one attached hydrogen (secondary N) is 2. The lowest BCUT2D eigenvalue weighted by Gasteiger charge is -2.22. The van der Waals surface area contributed by atoms with Gasteiger partial charge < -0.3 is 10.1 Å². The molecule has 8 nitrogen and oxygen atoms in total. The molecule has 198 valence electrons. The molecule has 0 fully saturated rings. The molecular formula is C32H25N3O5. The van der Waals surface area contributed by atoms with Crippen molar-refractivity contribution in [3.05, 3.63) is 131 Å². The molecule has 1 aliphatic carbocycles. The van der Waals surface area contributed by atoms with E-state index in [1.165, 1.54) is 12.1 Å². The van der Waals surface area contributed by atoms with Gasteiger partial charge in [0.25, 0.3) is 17.7 Å². The van der Waals surface area contributed by atoms with Crippen molar-refractivity contribution >= 4 is 23.8 Å². The average molecular weight is 532 g/mol. The SMILES string of the molecule is O=C(N[C@@H](Cc1ccccc1)C(=O)NN1C(=O)c2ccccc2C1=O)OCC1c2ccccc2-c2ccccc21. The van der Waals surface area contributed by atoms with E-state index in [4.69, 9.17) is 4.74 Å². The van der Waals surface area contributed by atoms with Gasteiger partial charge in [0.15, 0.2) is 0 Å². The Balaban J connectivity index is 1.17. The van der Waals surface area contributed by atoms with Gasteiger partial charge in [-0.05, 0) is 39.9 Å². The maximum atomic E-state index is 13.3. The smallest absolute Gasteiger partial charge is 0.407 e. The second-order valence-corrected chi connectivity index (χ2v) is 9.68. The highest BCUT2D eigenvalue weighted by molar-refractivity contribution is 6.21. The summed E-state index contributed by atoms with van der Waals surface area (Å²) in [5.74, 6) is -2.12. The van der Waals surface area contributed by atoms with Gasteiger partial charge in [0.05, 0.1) is 11.1 Å². The van der Waals surface area contributed by atoms with Gasteiger partial charge in [0, 0.05) is 12.3 Å². The summed E-state index contributed by atoms with van der Waals surface area (Å²) in [6.07, 6.45) is -0.652. The molecule has 0 radical (unpaired) electrons. The van der Waals surface area contributed by atoms with E-state index in [0.717, 1.165) is 27.8 Å². The zero-order valence-electron chi connectivity index (χ0n) is 21.4. The highest BCUT2D eigenvalue weighted by Crippen LogP contribution is 2.44. The normalized spacial score (nSPS) is 14.2. The maximum Gasteiger partial charge on any atom is 0.407 e. The van der Waals surface area contributed by atoms with E-state index >= 15 is 0 Å². The largest absolute Gasteiger partial charge is 0.449 e. The fourth-order valence-electron chi connectivity index (χ4n) is 5.32. The number of amides is 4. The van der Waals surface area contributed by atoms with Crippen LogP contribution in [-0.2, 0) is 16.0 Å². The van der Waals surface area contributed by atoms with Gasteiger partial charge in [0.1, 0.15) is 12.6 Å². The Morgan fingerprint density at radius 2 is 1.20 bits per heavy atom. The summed E-state index contributed by atoms with van der Waals surface area (Å²) in [7, 11) is 0. The van der Waals surface area contributed by atoms with Crippen LogP contribution in [0, 0.1) is 0 Å². The summed E-state index contributed by atoms with van der Waals surface area (Å²) >= 11 is 0. The molecule has 0 aromatic heterocycles. The Morgan fingerprint density at radius 3 is 1.77 bits per heavy atom. The second-order valence-electron chi connectivity index (χ2n) is 9.68. The average Bonchev–Trinajstić information content (AvgIpc) is 3.43. The molecule has 40 heavy (non-hydrogen) atoms. The van der Waals surface area contributed by atoms with E-state index in [1.54, 1.807) is 12.1 Å². The van der Waals surface area contributed by atoms with E-state index in [0.29, 0.717) is 5.01 Å². The molecule has 1 aliphatic heterocycles. The molecule has 4 amide bonds. The van der Waals surface area contributed by atoms with Crippen molar-refractivity contribution in [2.45, 2.75) is 18.4 Å². The van der Waals surface area contributed by atoms with Crippen molar-refractivity contribution in [1.82, 2.24) is 15.8 Å². The summed E-state index contributed by atoms with van der Waals surface area (Å²) < 4.78 is 5.64. The number of imide groups is 1. The minimum Gasteiger partial charge on any atom is -0.449 e. The standard InChI is InChI=1S/C32H25N3O5/c36-29(34-35-30(37)25-16-8-9-17-26(25)31(35)38)28(18-20-10-2-1-3-11-20)33-32(39)40-19-27-23-14-6-4-12-21(23)22-13-5-7-15-24(22)27/h1-17,27-28H,18-19H2,(H,33,39)(H,34,36)/t28-/m0/s1. The van der Waals surface area contributed by atoms with Gasteiger partial charge >= 0.3 is 6.09 Å². The lowest BCUT2D eigenvalue weighted by atomic mass is 9.98. The number of benzene rings is 4. The molecule has 0 saturated heterocycles. The van der Waals surface area contributed by atoms with E-state index in [-0.39, 0.29) is 30.1 Å². The minimum absolute atomic E-state index is 0.0813. The van der Waals surface area contributed by atoms with Crippen molar-refractivity contribution in [3.8, 4) is 11.1 Å². The third-order valence-corrected chi connectivity index (χ3v) is 7.25. The van der Waals surface area contributed by atoms with Crippen LogP contribution in [0.25, 0.3) is 11.1 Å². The van der Waals surface area contributed by atoms with Crippen LogP contribution < -0.4 is 10.7 Å². The first kappa shape index (κ1) is 25.1. The van der Waals surface area contributed by atoms with Crippen LogP contribution in [0.5, 0.6) is 0 Å². The zero-order valence-corrected chi connectivity index (χ0v) is 21.4. The number of hydrazine groups is 1. The first-order valence-electron chi connectivity index (χ1n) is 12.9. The third-order valence-electron chi connectivity index (χ3n) is 7.25. The van der Waals surface area contributed by atoms with Crippen LogP contribution in [0.4, 0.5) is 4.79 Å². The number of nitrogens with zero attached hydrogens (tertiary/aromatic N) is 1. The van der Waals surface area contributed by atoms with Gasteiger partial charge in [-0.15, -0.1) is 0 Å². The zero-order chi connectivity index (χ0) is 27.6. The Morgan fingerprint density at radius 1 is 0.700 bits per heavy atom. The molecule has 4 aromatic rings. The predicted octanol–water partition coefficient (Wildman–Crippen LogP) is 4.46. The molecule has 6 rings (SSSR count). The van der Waals surface area contributed by atoms with Gasteiger partial charge in [-0.2, -0.15) is 5.01 Å². The van der Waals surface area contributed by atoms with Crippen LogP contribution in [0.3, 0.4) is 0 Å². The van der Waals surface area contributed by atoms with Crippen molar-refractivity contribution < 1.29 is 23.9 Å². The van der Waals surface area contributed by atoms with Crippen molar-refractivity contribution in [3.63, 3.8) is 0 Å². The second kappa shape index (κ2) is 10.5. The topological polar surface area (TPSA) is 105 Å². The number of hydrogen-bond donors (Lipinski definition) is 2. The number of alkyl carbamates (subject to hydrolysis) is 1. The monoisotopic (exact) mass is 531 g/mol. The fraction of sp³-hybridized carbons (Fsp3) is 0.125. The van der Waals surface area contributed by atoms with Gasteiger partial charge in [0.2, 0.25) is 0 Å². The summed E-state index contributed by atoms with van der Waals surface area (Å²) in [5, 5.41) is 3.32. The van der Waals surface area contributed by atoms with Crippen molar-refractivity contribution in [2.24, 2.45) is 0 Å². The van der Waals surface area contributed by atoms with Crippen LogP contribution in [-0.4, -0.2) is 41.5 Å². The van der Waals surface area contributed by atoms with Crippen molar-refractivity contribution in [2.75, 3.05) is 6.61 Å². The first-order chi connectivity index (χ1) is 19.5. The molecule has 0 bridgehead atoms. The summed E-state index contributed by atoms with van der Waals surface area (Å²) in [4.78, 5) is 51.9. The van der Waals surface area contributed by atoms with E-state index in [1.807, 2.05) is 78.9 Å². The number of carbonyl (C=O) groups is 4. The Hall–Kier alpha value is -5.24. The highest BCUT2D eigenvalue weighted by Gasteiger charge is 2.38. The number of hydrogen-bond acceptors (Lipinski definition) is 5. The van der Waals surface area contributed by atoms with E-state index in [9.17, 15) is 19.2 Å². The number of carbonyl (C=O) groups excluding carboxylic acids is 4. The number of fused-ring (bicyclic) bond motifs is 4. The lowest BCUT2D eigenvalue weighted by Crippen LogP contribution is -2.55. The van der Waals surface area contributed by atoms with Crippen LogP contribution in [0.1, 0.15) is 43.3 Å². The molecule has 0 unspecified atom stereocenters. The quantitative estimate of drug-likeness (QED) is 0.343. The lowest BCUT2D eigenvalue weighted by molar-refractivity contribution is -0.126. The van der Waals surface area contributed by atoms with E-state index < -0.39 is 29.9 Å². The molecule has 8 heteroatoms. The predicted molar refractivity (Wildman–Crippen MR) is 147 cm³/mol. The third kappa shape index (κ3) is 4.60. The Kier molecular flexibility index (Phi) is 6.57. The Labute approximate surface area is 230 Å². The van der Waals surface area contributed by atoms with Crippen LogP contribution in [0.15, 0.2) is 103 Å². The van der Waals surface area contributed by atoms with Crippen LogP contribution in [0.2, 0.25) is 0 Å². The Bertz CT molecular complexity index is 1550. The minimum atomic E-state index is -1.11. The van der Waals surface area contributed by atoms with Gasteiger partial charge in [-0.25, -0.2) is 4.79 Å². The summed E-state index contributed by atoms with van der Waals surface area (Å²) in [6, 6.07) is 30.4. The maximum absolute atomic E-state index is 13.3. The molecule has 4 aromatic carbocycles. The van der Waals surface area contributed by atoms with Crippen molar-refractivity contribution in [1.29, 1.82) is 0 Å². The fourth-order valence-corrected chi connectivity index (χ4v) is 5.32. The summed E-state index contributed by atoms with van der Waals surface area (Å²) in [5.41, 5.74) is 7.94. The molecular weight excluding hydrogens is 506 g/mol. The first-order valence-corrected chi connectivity index (χ1v) is 12.9. The van der Waals surface area contributed by atoms with Gasteiger partial charge in [-0.1, -0.05) is 91.0 Å². The molecule has 2 N–H and O–H groups in total. The molecule has 1 heterocycles. The molecule has 0 saturated carbocycles.